The van der Waals surface area contributed by atoms with E-state index in [0.717, 1.165) is 60.1 Å². The van der Waals surface area contributed by atoms with Crippen molar-refractivity contribution in [1.82, 2.24) is 19.8 Å². The van der Waals surface area contributed by atoms with Gasteiger partial charge in [0.2, 0.25) is 0 Å². The zero-order valence-corrected chi connectivity index (χ0v) is 21.4. The van der Waals surface area contributed by atoms with Gasteiger partial charge in [-0.1, -0.05) is 36.4 Å². The highest BCUT2D eigenvalue weighted by Crippen LogP contribution is 2.36. The number of ether oxygens (including phenoxy) is 2. The van der Waals surface area contributed by atoms with Crippen LogP contribution >= 0.6 is 0 Å². The van der Waals surface area contributed by atoms with Gasteiger partial charge in [-0.2, -0.15) is 0 Å². The van der Waals surface area contributed by atoms with Gasteiger partial charge in [0, 0.05) is 63.7 Å². The van der Waals surface area contributed by atoms with E-state index in [1.165, 1.54) is 10.8 Å². The number of aromatic nitrogens is 2. The molecule has 1 atom stereocenters. The van der Waals surface area contributed by atoms with Gasteiger partial charge in [0.1, 0.15) is 11.8 Å². The van der Waals surface area contributed by atoms with Crippen LogP contribution in [0.5, 0.6) is 0 Å². The maximum Gasteiger partial charge on any atom is 0.253 e. The number of fused-ring (bicyclic) bond motifs is 2. The molecule has 1 saturated carbocycles. The van der Waals surface area contributed by atoms with Crippen molar-refractivity contribution < 1.29 is 14.3 Å². The van der Waals surface area contributed by atoms with Crippen LogP contribution in [0.1, 0.15) is 24.8 Å². The first-order valence-electron chi connectivity index (χ1n) is 13.3. The lowest BCUT2D eigenvalue weighted by Crippen LogP contribution is -2.49. The monoisotopic (exact) mass is 498 g/mol. The summed E-state index contributed by atoms with van der Waals surface area (Å²) in [6.07, 6.45) is 6.67. The topological polar surface area (TPSA) is 68.6 Å². The molecule has 4 aromatic rings. The summed E-state index contributed by atoms with van der Waals surface area (Å²) < 4.78 is 13.4. The first-order chi connectivity index (χ1) is 18.2. The minimum atomic E-state index is -0.414. The highest BCUT2D eigenvalue weighted by atomic mass is 16.5. The normalized spacial score (nSPS) is 17.9. The molecule has 0 radical (unpaired) electrons. The molecular weight excluding hydrogens is 464 g/mol. The van der Waals surface area contributed by atoms with E-state index in [0.29, 0.717) is 26.3 Å². The molecule has 1 amide bonds. The Balaban J connectivity index is 1.42. The Morgan fingerprint density at radius 2 is 2.05 bits per heavy atom. The van der Waals surface area contributed by atoms with Crippen LogP contribution in [0.4, 0.5) is 0 Å². The molecule has 0 spiro atoms. The van der Waals surface area contributed by atoms with Crippen LogP contribution in [-0.2, 0) is 27.4 Å². The van der Waals surface area contributed by atoms with E-state index in [2.05, 4.69) is 64.6 Å². The number of amides is 1. The van der Waals surface area contributed by atoms with Crippen molar-refractivity contribution in [2.45, 2.75) is 44.5 Å². The molecule has 2 aromatic heterocycles. The van der Waals surface area contributed by atoms with E-state index in [1.807, 2.05) is 11.1 Å². The van der Waals surface area contributed by atoms with E-state index in [4.69, 9.17) is 14.5 Å². The van der Waals surface area contributed by atoms with Gasteiger partial charge in [-0.15, -0.1) is 0 Å². The molecule has 1 saturated heterocycles. The Morgan fingerprint density at radius 3 is 2.84 bits per heavy atom. The molecule has 2 aliphatic rings. The summed E-state index contributed by atoms with van der Waals surface area (Å²) in [4.78, 5) is 20.4. The van der Waals surface area contributed by atoms with Crippen molar-refractivity contribution in [1.29, 1.82) is 0 Å². The van der Waals surface area contributed by atoms with Gasteiger partial charge < -0.3 is 24.3 Å². The number of nitrogens with zero attached hydrogens (tertiary/aromatic N) is 3. The molecule has 2 aromatic carbocycles. The number of carbonyl (C=O) groups excluding carboxylic acids is 1. The molecule has 3 heterocycles. The molecule has 7 nitrogen and oxygen atoms in total. The molecule has 6 rings (SSSR count). The number of morpholine rings is 1. The fourth-order valence-electron chi connectivity index (χ4n) is 5.43. The highest BCUT2D eigenvalue weighted by Gasteiger charge is 2.37. The fraction of sp³-hybridized carbons (Fsp3) is 0.400. The van der Waals surface area contributed by atoms with Crippen LogP contribution in [-0.4, -0.2) is 65.9 Å². The Morgan fingerprint density at radius 1 is 1.19 bits per heavy atom. The zero-order chi connectivity index (χ0) is 25.2. The van der Waals surface area contributed by atoms with Crippen molar-refractivity contribution in [3.63, 3.8) is 0 Å². The zero-order valence-electron chi connectivity index (χ0n) is 21.4. The van der Waals surface area contributed by atoms with Gasteiger partial charge >= 0.3 is 0 Å². The number of methoxy groups -OCH3 is 1. The number of pyridine rings is 1. The number of hydrogen-bond donors (Lipinski definition) is 1. The summed E-state index contributed by atoms with van der Waals surface area (Å²) in [5.74, 6) is 0.0890. The standard InChI is InChI=1S/C30H34N4O3/c1-36-15-4-14-33-19-24(20-34(25-9-10-25)30(35)27-18-31-13-16-37-27)28-26(11-12-32-29(28)33)23-8-7-21-5-2-3-6-22(21)17-23/h2-3,5-8,11-12,17,19,25,27,31H,4,9-10,13-16,18,20H2,1H3/t27-/m1/s1. The molecule has 7 heteroatoms. The van der Waals surface area contributed by atoms with Gasteiger partial charge in [-0.25, -0.2) is 4.98 Å². The van der Waals surface area contributed by atoms with Gasteiger partial charge in [0.25, 0.3) is 5.91 Å². The summed E-state index contributed by atoms with van der Waals surface area (Å²) in [7, 11) is 1.73. The predicted molar refractivity (Wildman–Crippen MR) is 145 cm³/mol. The second-order valence-corrected chi connectivity index (χ2v) is 10.1. The summed E-state index contributed by atoms with van der Waals surface area (Å²) in [5, 5.41) is 6.86. The largest absolute Gasteiger partial charge is 0.385 e. The number of carbonyl (C=O) groups is 1. The number of nitrogens with one attached hydrogen (secondary N) is 1. The van der Waals surface area contributed by atoms with Gasteiger partial charge in [0.15, 0.2) is 0 Å². The number of benzene rings is 2. The van der Waals surface area contributed by atoms with Gasteiger partial charge in [-0.3, -0.25) is 4.79 Å². The van der Waals surface area contributed by atoms with Crippen LogP contribution in [0.25, 0.3) is 32.9 Å². The molecule has 192 valence electrons. The van der Waals surface area contributed by atoms with E-state index in [9.17, 15) is 4.79 Å². The lowest BCUT2D eigenvalue weighted by Gasteiger charge is -2.30. The van der Waals surface area contributed by atoms with Crippen LogP contribution in [0.3, 0.4) is 0 Å². The average Bonchev–Trinajstić information content (AvgIpc) is 3.73. The minimum Gasteiger partial charge on any atom is -0.385 e. The van der Waals surface area contributed by atoms with Crippen molar-refractivity contribution in [2.75, 3.05) is 33.4 Å². The van der Waals surface area contributed by atoms with Gasteiger partial charge in [-0.05, 0) is 58.9 Å². The average molecular weight is 499 g/mol. The molecule has 0 unspecified atom stereocenters. The third kappa shape index (κ3) is 4.99. The van der Waals surface area contributed by atoms with E-state index >= 15 is 0 Å². The molecule has 2 fully saturated rings. The molecule has 1 aliphatic heterocycles. The molecule has 1 N–H and O–H groups in total. The van der Waals surface area contributed by atoms with Crippen LogP contribution < -0.4 is 5.32 Å². The third-order valence-corrected chi connectivity index (χ3v) is 7.46. The van der Waals surface area contributed by atoms with E-state index in [-0.39, 0.29) is 11.9 Å². The SMILES string of the molecule is COCCCn1cc(CN(C(=O)[C@H]2CNCCO2)C2CC2)c2c(-c3ccc4ccccc4c3)ccnc21. The summed E-state index contributed by atoms with van der Waals surface area (Å²) in [6.45, 7) is 4.00. The van der Waals surface area contributed by atoms with E-state index < -0.39 is 6.10 Å². The first kappa shape index (κ1) is 24.1. The Hall–Kier alpha value is -3.26. The summed E-state index contributed by atoms with van der Waals surface area (Å²) in [6, 6.07) is 17.4. The maximum atomic E-state index is 13.6. The fourth-order valence-corrected chi connectivity index (χ4v) is 5.43. The van der Waals surface area contributed by atoms with E-state index in [1.54, 1.807) is 7.11 Å². The van der Waals surface area contributed by atoms with Gasteiger partial charge in [0.05, 0.1) is 6.61 Å². The highest BCUT2D eigenvalue weighted by molar-refractivity contribution is 5.99. The Kier molecular flexibility index (Phi) is 6.91. The molecule has 37 heavy (non-hydrogen) atoms. The van der Waals surface area contributed by atoms with Crippen molar-refractivity contribution in [2.24, 2.45) is 0 Å². The minimum absolute atomic E-state index is 0.0890. The lowest BCUT2D eigenvalue weighted by atomic mass is 9.98. The van der Waals surface area contributed by atoms with Crippen LogP contribution in [0, 0.1) is 0 Å². The maximum absolute atomic E-state index is 13.6. The quantitative estimate of drug-likeness (QED) is 0.347. The predicted octanol–water partition coefficient (Wildman–Crippen LogP) is 4.37. The van der Waals surface area contributed by atoms with Crippen LogP contribution in [0.15, 0.2) is 60.9 Å². The van der Waals surface area contributed by atoms with Crippen molar-refractivity contribution in [3.05, 3.63) is 66.5 Å². The molecule has 1 aliphatic carbocycles. The lowest BCUT2D eigenvalue weighted by molar-refractivity contribution is -0.146. The summed E-state index contributed by atoms with van der Waals surface area (Å²) >= 11 is 0. The second kappa shape index (κ2) is 10.6. The second-order valence-electron chi connectivity index (χ2n) is 10.1. The number of aryl methyl sites for hydroxylation is 1. The van der Waals surface area contributed by atoms with Crippen LogP contribution in [0.2, 0.25) is 0 Å². The summed E-state index contributed by atoms with van der Waals surface area (Å²) in [5.41, 5.74) is 4.39. The number of hydrogen-bond acceptors (Lipinski definition) is 5. The Bertz CT molecular complexity index is 1400. The first-order valence-corrected chi connectivity index (χ1v) is 13.3. The van der Waals surface area contributed by atoms with Crippen molar-refractivity contribution >= 4 is 27.7 Å². The third-order valence-electron chi connectivity index (χ3n) is 7.46. The molecular formula is C30H34N4O3. The molecule has 0 bridgehead atoms. The Labute approximate surface area is 217 Å². The van der Waals surface area contributed by atoms with Crippen molar-refractivity contribution in [3.8, 4) is 11.1 Å². The number of rotatable bonds is 9. The smallest absolute Gasteiger partial charge is 0.253 e.